The van der Waals surface area contributed by atoms with Crippen LogP contribution in [-0.4, -0.2) is 34.3 Å². The molecule has 1 rings (SSSR count). The Hall–Kier alpha value is 1.67. The molecule has 2 unspecified atom stereocenters. The summed E-state index contributed by atoms with van der Waals surface area (Å²) in [5, 5.41) is 17.1. The molecule has 1 radical (unpaired) electrons. The van der Waals surface area contributed by atoms with Crippen LogP contribution in [0.5, 0.6) is 0 Å². The van der Waals surface area contributed by atoms with Gasteiger partial charge in [0.05, 0.1) is 6.61 Å². The summed E-state index contributed by atoms with van der Waals surface area (Å²) in [6, 6.07) is 0. The minimum Gasteiger partial charge on any atom is -0.393 e. The minimum atomic E-state index is -0.669. The number of hydrogen-bond donors (Lipinski definition) is 2. The first-order chi connectivity index (χ1) is 3.83. The molecule has 1 fully saturated rings. The van der Waals surface area contributed by atoms with Gasteiger partial charge in [0.15, 0.2) is 6.29 Å². The SMILES string of the molecule is OCC1OC(O)CS1.[Ac]. The van der Waals surface area contributed by atoms with Crippen LogP contribution < -0.4 is 0 Å². The molecule has 2 atom stereocenters. The van der Waals surface area contributed by atoms with Crippen LogP contribution in [0.15, 0.2) is 0 Å². The molecule has 1 saturated heterocycles. The van der Waals surface area contributed by atoms with E-state index in [0.29, 0.717) is 5.75 Å². The second-order valence-corrected chi connectivity index (χ2v) is 2.73. The first kappa shape index (κ1) is 10.7. The normalized spacial score (nSPS) is 34.0. The van der Waals surface area contributed by atoms with Crippen LogP contribution >= 0.6 is 11.8 Å². The van der Waals surface area contributed by atoms with Gasteiger partial charge in [-0.1, -0.05) is 0 Å². The van der Waals surface area contributed by atoms with Crippen molar-refractivity contribution in [3.8, 4) is 0 Å². The van der Waals surface area contributed by atoms with Gasteiger partial charge in [-0.25, -0.2) is 0 Å². The summed E-state index contributed by atoms with van der Waals surface area (Å²) in [6.07, 6.45) is -0.669. The molecule has 3 nitrogen and oxygen atoms in total. The molecule has 1 aliphatic heterocycles. The van der Waals surface area contributed by atoms with Crippen molar-refractivity contribution in [3.05, 3.63) is 0 Å². The van der Waals surface area contributed by atoms with Crippen molar-refractivity contribution >= 4 is 11.8 Å². The van der Waals surface area contributed by atoms with Crippen molar-refractivity contribution < 1.29 is 59.0 Å². The van der Waals surface area contributed by atoms with E-state index in [1.807, 2.05) is 0 Å². The van der Waals surface area contributed by atoms with E-state index >= 15 is 0 Å². The average molecular weight is 363 g/mol. The number of ether oxygens (including phenoxy) is 1. The van der Waals surface area contributed by atoms with Gasteiger partial charge in [0.1, 0.15) is 5.44 Å². The summed E-state index contributed by atoms with van der Waals surface area (Å²) in [5.41, 5.74) is -0.204. The molecule has 1 heterocycles. The smallest absolute Gasteiger partial charge is 0.165 e. The van der Waals surface area contributed by atoms with Crippen LogP contribution in [-0.2, 0) is 4.74 Å². The number of rotatable bonds is 1. The summed E-state index contributed by atoms with van der Waals surface area (Å²) in [4.78, 5) is 0. The molecular formula is C4H8AcO3S. The van der Waals surface area contributed by atoms with Gasteiger partial charge in [-0.15, -0.1) is 11.8 Å². The Morgan fingerprint density at radius 1 is 1.67 bits per heavy atom. The Morgan fingerprint density at radius 3 is 2.56 bits per heavy atom. The van der Waals surface area contributed by atoms with E-state index in [-0.39, 0.29) is 56.1 Å². The van der Waals surface area contributed by atoms with Gasteiger partial charge < -0.3 is 14.9 Å². The third kappa shape index (κ3) is 3.54. The van der Waals surface area contributed by atoms with E-state index < -0.39 is 6.29 Å². The summed E-state index contributed by atoms with van der Waals surface area (Å²) >= 11 is 1.43. The molecule has 9 heavy (non-hydrogen) atoms. The van der Waals surface area contributed by atoms with E-state index in [4.69, 9.17) is 14.9 Å². The van der Waals surface area contributed by atoms with Gasteiger partial charge in [0.25, 0.3) is 0 Å². The first-order valence-electron chi connectivity index (χ1n) is 2.39. The number of hydrogen-bond acceptors (Lipinski definition) is 4. The average Bonchev–Trinajstić information content (AvgIpc) is 2.14. The fraction of sp³-hybridized carbons (Fsp3) is 1.00. The molecule has 0 aromatic heterocycles. The molecule has 0 aromatic rings. The minimum absolute atomic E-state index is 0. The van der Waals surface area contributed by atoms with E-state index in [0.717, 1.165) is 0 Å². The standard InChI is InChI=1S/C4H8O3S.Ac/c5-1-4-7-3(6)2-8-4;/h3-6H,1-2H2;. The molecule has 1 aliphatic rings. The third-order valence-electron chi connectivity index (χ3n) is 0.883. The van der Waals surface area contributed by atoms with Gasteiger partial charge in [-0.3, -0.25) is 0 Å². The second kappa shape index (κ2) is 5.34. The van der Waals surface area contributed by atoms with Crippen LogP contribution in [0.1, 0.15) is 0 Å². The van der Waals surface area contributed by atoms with Gasteiger partial charge >= 0.3 is 0 Å². The molecule has 2 N–H and O–H groups in total. The van der Waals surface area contributed by atoms with E-state index in [1.54, 1.807) is 0 Å². The molecule has 0 aliphatic carbocycles. The van der Waals surface area contributed by atoms with Crippen molar-refractivity contribution in [2.24, 2.45) is 0 Å². The molecule has 0 spiro atoms. The Labute approximate surface area is 93.7 Å². The Balaban J connectivity index is 0.000000640. The maximum absolute atomic E-state index is 8.68. The van der Waals surface area contributed by atoms with Crippen molar-refractivity contribution in [2.75, 3.05) is 12.4 Å². The van der Waals surface area contributed by atoms with Crippen LogP contribution in [0.2, 0.25) is 0 Å². The van der Waals surface area contributed by atoms with Gasteiger partial charge in [0.2, 0.25) is 0 Å². The number of thioether (sulfide) groups is 1. The summed E-state index contributed by atoms with van der Waals surface area (Å²) in [7, 11) is 0. The number of aliphatic hydroxyl groups is 2. The Bertz CT molecular complexity index is 82.2. The zero-order valence-corrected chi connectivity index (χ0v) is 10.4. The monoisotopic (exact) mass is 363 g/mol. The fourth-order valence-corrected chi connectivity index (χ4v) is 1.31. The zero-order chi connectivity index (χ0) is 5.98. The van der Waals surface area contributed by atoms with Crippen molar-refractivity contribution in [2.45, 2.75) is 11.7 Å². The van der Waals surface area contributed by atoms with Crippen molar-refractivity contribution in [1.29, 1.82) is 0 Å². The topological polar surface area (TPSA) is 49.7 Å². The molecule has 0 aromatic carbocycles. The predicted molar refractivity (Wildman–Crippen MR) is 30.4 cm³/mol. The zero-order valence-electron chi connectivity index (χ0n) is 4.86. The van der Waals surface area contributed by atoms with Crippen LogP contribution in [0.25, 0.3) is 0 Å². The summed E-state index contributed by atoms with van der Waals surface area (Å²) < 4.78 is 4.78. The van der Waals surface area contributed by atoms with Crippen LogP contribution in [0, 0.1) is 44.1 Å². The molecule has 0 amide bonds. The Morgan fingerprint density at radius 2 is 2.33 bits per heavy atom. The van der Waals surface area contributed by atoms with E-state index in [2.05, 4.69) is 0 Å². The van der Waals surface area contributed by atoms with E-state index in [1.165, 1.54) is 11.8 Å². The van der Waals surface area contributed by atoms with Crippen molar-refractivity contribution in [1.82, 2.24) is 0 Å². The molecular weight excluding hydrogens is 355 g/mol. The molecule has 0 bridgehead atoms. The first-order valence-corrected chi connectivity index (χ1v) is 3.44. The predicted octanol–water partition coefficient (Wildman–Crippen LogP) is -0.613. The molecule has 51 valence electrons. The summed E-state index contributed by atoms with van der Waals surface area (Å²) in [6.45, 7) is -0.0122. The molecule has 5 heteroatoms. The number of aliphatic hydroxyl groups excluding tert-OH is 2. The largest absolute Gasteiger partial charge is 0.393 e. The summed E-state index contributed by atoms with van der Waals surface area (Å²) in [5.74, 6) is 0.575. The van der Waals surface area contributed by atoms with Gasteiger partial charge in [-0.05, 0) is 0 Å². The Kier molecular flexibility index (Phi) is 6.33. The quantitative estimate of drug-likeness (QED) is 0.653. The van der Waals surface area contributed by atoms with Crippen LogP contribution in [0.3, 0.4) is 0 Å². The van der Waals surface area contributed by atoms with Gasteiger partial charge in [0, 0.05) is 49.8 Å². The maximum Gasteiger partial charge on any atom is 0.165 e. The van der Waals surface area contributed by atoms with Gasteiger partial charge in [-0.2, -0.15) is 0 Å². The van der Waals surface area contributed by atoms with Crippen molar-refractivity contribution in [3.63, 3.8) is 0 Å². The fourth-order valence-electron chi connectivity index (χ4n) is 0.539. The third-order valence-corrected chi connectivity index (χ3v) is 1.99. The van der Waals surface area contributed by atoms with Crippen LogP contribution in [0.4, 0.5) is 0 Å². The maximum atomic E-state index is 8.68. The molecule has 0 saturated carbocycles. The second-order valence-electron chi connectivity index (χ2n) is 1.54. The van der Waals surface area contributed by atoms with E-state index in [9.17, 15) is 0 Å².